The molecule has 0 aromatic heterocycles. The molecule has 0 aliphatic carbocycles. The minimum atomic E-state index is -4.33. The fourth-order valence-electron chi connectivity index (χ4n) is 0. The first-order valence-electron chi connectivity index (χ1n) is 1.87. The Morgan fingerprint density at radius 3 is 1.50 bits per heavy atom. The molecule has 0 amide bonds. The smallest absolute Gasteiger partial charge is 0.780 e. The van der Waals surface area contributed by atoms with Gasteiger partial charge in [0.25, 0.3) is 0 Å². The molecule has 0 unspecified atom stereocenters. The summed E-state index contributed by atoms with van der Waals surface area (Å²) >= 11 is 4.31. The van der Waals surface area contributed by atoms with Gasteiger partial charge in [0.2, 0.25) is 0 Å². The summed E-state index contributed by atoms with van der Waals surface area (Å²) in [5, 5.41) is 0. The van der Waals surface area contributed by atoms with Crippen LogP contribution in [0.25, 0.3) is 0 Å². The van der Waals surface area contributed by atoms with Crippen LogP contribution in [0.5, 0.6) is 0 Å². The van der Waals surface area contributed by atoms with Crippen molar-refractivity contribution in [1.82, 2.24) is 0 Å². The monoisotopic (exact) mass is 389 g/mol. The number of rotatable bonds is 0. The molecule has 8 heteroatoms. The normalized spacial score (nSPS) is 7.70. The Bertz CT molecular complexity index is 116. The molecule has 0 N–H and O–H groups in total. The SMILES string of the molecule is C[CH2][Hg].O=S([O-])([O-])=S.[Na+].[Na+]. The van der Waals surface area contributed by atoms with E-state index in [1.165, 1.54) is 3.93 Å². The van der Waals surface area contributed by atoms with Gasteiger partial charge < -0.3 is 9.11 Å². The molecule has 3 nitrogen and oxygen atoms in total. The minimum absolute atomic E-state index is 0. The van der Waals surface area contributed by atoms with Gasteiger partial charge in [0, 0.05) is 0 Å². The third kappa shape index (κ3) is 113. The first-order valence-corrected chi connectivity index (χ1v) is 8.09. The molecule has 0 aromatic carbocycles. The van der Waals surface area contributed by atoms with Crippen LogP contribution >= 0.6 is 0 Å². The Morgan fingerprint density at radius 2 is 1.50 bits per heavy atom. The molecule has 0 aromatic rings. The molecule has 0 heterocycles. The maximum atomic E-state index is 8.89. The van der Waals surface area contributed by atoms with Crippen LogP contribution < -0.4 is 59.1 Å². The molecule has 47 valence electrons. The van der Waals surface area contributed by atoms with E-state index in [1.807, 2.05) is 0 Å². The minimum Gasteiger partial charge on any atom is -0.780 e. The van der Waals surface area contributed by atoms with Gasteiger partial charge in [-0.1, -0.05) is 0 Å². The van der Waals surface area contributed by atoms with Gasteiger partial charge in [0.05, 0.1) is 0 Å². The summed E-state index contributed by atoms with van der Waals surface area (Å²) in [5.74, 6) is 0. The van der Waals surface area contributed by atoms with Gasteiger partial charge in [-0.3, -0.25) is 4.21 Å². The summed E-state index contributed by atoms with van der Waals surface area (Å²) in [7, 11) is -4.33. The number of hydrogen-bond acceptors (Lipinski definition) is 4. The van der Waals surface area contributed by atoms with E-state index in [0.29, 0.717) is 0 Å². The predicted octanol–water partition coefficient (Wildman–Crippen LogP) is -6.03. The zero-order valence-corrected chi connectivity index (χ0v) is 17.6. The van der Waals surface area contributed by atoms with E-state index in [0.717, 1.165) is 26.1 Å². The summed E-state index contributed by atoms with van der Waals surface area (Å²) in [6.45, 7) is 2.21. The predicted molar refractivity (Wildman–Crippen MR) is 27.5 cm³/mol. The summed E-state index contributed by atoms with van der Waals surface area (Å²) in [6.07, 6.45) is 0. The molecule has 0 spiro atoms. The van der Waals surface area contributed by atoms with Crippen molar-refractivity contribution in [3.63, 3.8) is 0 Å². The molecule has 0 fully saturated rings. The molecule has 0 aliphatic heterocycles. The van der Waals surface area contributed by atoms with Crippen molar-refractivity contribution >= 4 is 20.2 Å². The Balaban J connectivity index is -0.0000000326. The van der Waals surface area contributed by atoms with Gasteiger partial charge in [-0.2, -0.15) is 0 Å². The molecule has 0 rings (SSSR count). The molecule has 10 heavy (non-hydrogen) atoms. The van der Waals surface area contributed by atoms with Crippen molar-refractivity contribution in [1.29, 1.82) is 0 Å². The van der Waals surface area contributed by atoms with Crippen LogP contribution in [0.4, 0.5) is 0 Å². The maximum absolute atomic E-state index is 8.89. The van der Waals surface area contributed by atoms with Gasteiger partial charge in [-0.15, -0.1) is 9.05 Å². The quantitative estimate of drug-likeness (QED) is 0.388. The number of hydrogen-bond donors (Lipinski definition) is 0. The zero-order valence-electron chi connectivity index (χ0n) is 6.46. The van der Waals surface area contributed by atoms with E-state index >= 15 is 0 Å². The Hall–Kier alpha value is 3.23. The van der Waals surface area contributed by atoms with E-state index < -0.39 is 9.05 Å². The summed E-state index contributed by atoms with van der Waals surface area (Å²) in [6, 6.07) is 0. The molecule has 0 bridgehead atoms. The van der Waals surface area contributed by atoms with Crippen LogP contribution in [-0.2, 0) is 46.4 Å². The molecule has 0 atom stereocenters. The second-order valence-electron chi connectivity index (χ2n) is 0.908. The first kappa shape index (κ1) is 23.2. The molecule has 0 saturated heterocycles. The zero-order chi connectivity index (χ0) is 7.21. The van der Waals surface area contributed by atoms with Crippen LogP contribution in [0.3, 0.4) is 0 Å². The average Bonchev–Trinajstić information content (AvgIpc) is 1.27. The van der Waals surface area contributed by atoms with E-state index in [2.05, 4.69) is 18.1 Å². The summed E-state index contributed by atoms with van der Waals surface area (Å²) in [5.41, 5.74) is 0. The third-order valence-corrected chi connectivity index (χ3v) is 0. The van der Waals surface area contributed by atoms with Gasteiger partial charge in [-0.25, -0.2) is 0 Å². The van der Waals surface area contributed by atoms with Crippen molar-refractivity contribution in [2.24, 2.45) is 0 Å². The molecular weight excluding hydrogens is 383 g/mol. The fourth-order valence-corrected chi connectivity index (χ4v) is 0. The molecule has 0 radical (unpaired) electrons. The third-order valence-electron chi connectivity index (χ3n) is 0. The van der Waals surface area contributed by atoms with Gasteiger partial charge in [0.1, 0.15) is 0 Å². The van der Waals surface area contributed by atoms with E-state index in [-0.39, 0.29) is 59.1 Å². The average molecular weight is 388 g/mol. The van der Waals surface area contributed by atoms with Crippen molar-refractivity contribution in [2.45, 2.75) is 10.9 Å². The maximum Gasteiger partial charge on any atom is 1.00 e. The Labute approximate surface area is 127 Å². The van der Waals surface area contributed by atoms with Gasteiger partial charge >= 0.3 is 96.1 Å². The largest absolute Gasteiger partial charge is 1.00 e. The second kappa shape index (κ2) is 14.7. The van der Waals surface area contributed by atoms with E-state index in [9.17, 15) is 0 Å². The molecule has 0 saturated carbocycles. The van der Waals surface area contributed by atoms with E-state index in [1.54, 1.807) is 0 Å². The standard InChI is InChI=1S/C2H5.Hg.2Na.H2O3S2/c1-2;;;;1-5(2,3)4/h1H2,2H3;;;;(H2,1,2,3,4)/q;;2*+1;/p-2. The Morgan fingerprint density at radius 1 is 1.50 bits per heavy atom. The van der Waals surface area contributed by atoms with Crippen LogP contribution in [0.1, 0.15) is 6.92 Å². The van der Waals surface area contributed by atoms with E-state index in [4.69, 9.17) is 13.3 Å². The first-order chi connectivity index (χ1) is 3.41. The topological polar surface area (TPSA) is 63.2 Å². The Kier molecular flexibility index (Phi) is 34.2. The molecular formula is C2H5HgNa2O3S2. The molecule has 0 aliphatic rings. The second-order valence-corrected chi connectivity index (χ2v) is 6.84. The van der Waals surface area contributed by atoms with Gasteiger partial charge in [0.15, 0.2) is 0 Å². The van der Waals surface area contributed by atoms with Crippen LogP contribution in [0.2, 0.25) is 3.93 Å². The van der Waals surface area contributed by atoms with Crippen molar-refractivity contribution in [3.05, 3.63) is 0 Å². The van der Waals surface area contributed by atoms with Crippen molar-refractivity contribution in [3.8, 4) is 0 Å². The fraction of sp³-hybridized carbons (Fsp3) is 1.00. The van der Waals surface area contributed by atoms with Crippen LogP contribution in [0.15, 0.2) is 0 Å². The summed E-state index contributed by atoms with van der Waals surface area (Å²) in [4.78, 5) is 0. The van der Waals surface area contributed by atoms with Gasteiger partial charge in [-0.05, 0) is 11.2 Å². The van der Waals surface area contributed by atoms with Crippen LogP contribution in [0, 0.1) is 0 Å². The summed E-state index contributed by atoms with van der Waals surface area (Å²) < 4.78 is 28.1. The van der Waals surface area contributed by atoms with Crippen molar-refractivity contribution in [2.75, 3.05) is 0 Å². The van der Waals surface area contributed by atoms with Crippen LogP contribution in [-0.4, -0.2) is 13.3 Å². The van der Waals surface area contributed by atoms with Crippen molar-refractivity contribution < 1.29 is 98.6 Å².